The van der Waals surface area contributed by atoms with Crippen molar-refractivity contribution in [1.82, 2.24) is 0 Å². The maximum atomic E-state index is 2.49. The minimum absolute atomic E-state index is 0.0728. The van der Waals surface area contributed by atoms with Gasteiger partial charge in [-0.15, -0.1) is 0 Å². The third-order valence-electron chi connectivity index (χ3n) is 7.55. The zero-order chi connectivity index (χ0) is 26.7. The standard InChI is InChI=1S/C35H40NTe/c1-22-26-12-10-11-13-28(26)30(35(6,7)8)20-29(22)31-33-27(18-19-36(31)9)23(2)32(37-33)25-16-14-24(15-17-25)21-34(3,4)5/h10-20H,21H2,1-9H3/q+1. The van der Waals surface area contributed by atoms with Gasteiger partial charge in [0.2, 0.25) is 0 Å². The Labute approximate surface area is 232 Å². The summed E-state index contributed by atoms with van der Waals surface area (Å²) in [5.41, 5.74) is 10.3. The molecule has 3 aromatic carbocycles. The predicted octanol–water partition coefficient (Wildman–Crippen LogP) is 8.71. The molecular formula is C35H40NTe+. The van der Waals surface area contributed by atoms with E-state index in [0.717, 1.165) is 6.42 Å². The van der Waals surface area contributed by atoms with E-state index in [1.807, 2.05) is 0 Å². The summed E-state index contributed by atoms with van der Waals surface area (Å²) < 4.78 is 5.54. The first-order chi connectivity index (χ1) is 17.3. The zero-order valence-corrected chi connectivity index (χ0v) is 26.2. The number of hydrogen-bond donors (Lipinski definition) is 0. The Morgan fingerprint density at radius 3 is 2.03 bits per heavy atom. The topological polar surface area (TPSA) is 3.88 Å². The minimum atomic E-state index is -0.532. The molecule has 0 saturated heterocycles. The Morgan fingerprint density at radius 1 is 0.757 bits per heavy atom. The average Bonchev–Trinajstić information content (AvgIpc) is 3.15. The van der Waals surface area contributed by atoms with E-state index in [0.29, 0.717) is 5.41 Å². The number of rotatable bonds is 3. The van der Waals surface area contributed by atoms with E-state index in [1.54, 1.807) is 6.98 Å². The third kappa shape index (κ3) is 4.92. The second-order valence-corrected chi connectivity index (χ2v) is 15.8. The molecule has 2 heteroatoms. The van der Waals surface area contributed by atoms with Crippen LogP contribution in [0.1, 0.15) is 63.8 Å². The summed E-state index contributed by atoms with van der Waals surface area (Å²) in [4.78, 5) is 0. The fourth-order valence-electron chi connectivity index (χ4n) is 5.68. The van der Waals surface area contributed by atoms with Crippen LogP contribution in [0.5, 0.6) is 0 Å². The summed E-state index contributed by atoms with van der Waals surface area (Å²) in [6, 6.07) is 23.2. The molecule has 0 fully saturated rings. The van der Waals surface area contributed by atoms with Crippen molar-refractivity contribution in [3.63, 3.8) is 0 Å². The van der Waals surface area contributed by atoms with E-state index in [4.69, 9.17) is 0 Å². The summed E-state index contributed by atoms with van der Waals surface area (Å²) in [7, 11) is 2.22. The molecule has 0 unspecified atom stereocenters. The summed E-state index contributed by atoms with van der Waals surface area (Å²) >= 11 is -0.532. The van der Waals surface area contributed by atoms with Crippen molar-refractivity contribution in [3.05, 3.63) is 89.1 Å². The molecule has 0 amide bonds. The second-order valence-electron chi connectivity index (χ2n) is 12.9. The molecule has 0 spiro atoms. The Morgan fingerprint density at radius 2 is 1.41 bits per heavy atom. The van der Waals surface area contributed by atoms with E-state index in [-0.39, 0.29) is 5.41 Å². The van der Waals surface area contributed by atoms with Gasteiger partial charge in [-0.3, -0.25) is 0 Å². The molecule has 0 saturated carbocycles. The van der Waals surface area contributed by atoms with E-state index >= 15 is 0 Å². The van der Waals surface area contributed by atoms with Gasteiger partial charge >= 0.3 is 234 Å². The van der Waals surface area contributed by atoms with E-state index in [9.17, 15) is 0 Å². The van der Waals surface area contributed by atoms with Crippen LogP contribution in [-0.4, -0.2) is 20.4 Å². The van der Waals surface area contributed by atoms with Crippen molar-refractivity contribution >= 4 is 40.0 Å². The van der Waals surface area contributed by atoms with Crippen molar-refractivity contribution < 1.29 is 4.57 Å². The fraction of sp³-hybridized carbons (Fsp3) is 0.343. The van der Waals surface area contributed by atoms with Crippen molar-refractivity contribution in [2.45, 2.75) is 67.2 Å². The Hall–Kier alpha value is -2.40. The Balaban J connectivity index is 1.73. The van der Waals surface area contributed by atoms with Gasteiger partial charge in [-0.05, 0) is 0 Å². The molecule has 0 N–H and O–H groups in total. The van der Waals surface area contributed by atoms with Crippen molar-refractivity contribution in [1.29, 1.82) is 0 Å². The normalized spacial score (nSPS) is 12.6. The number of pyridine rings is 1. The first kappa shape index (κ1) is 26.2. The van der Waals surface area contributed by atoms with Crippen molar-refractivity contribution in [3.8, 4) is 20.4 Å². The average molecular weight is 602 g/mol. The molecule has 0 aliphatic heterocycles. The van der Waals surface area contributed by atoms with Gasteiger partial charge in [-0.1, -0.05) is 0 Å². The quantitative estimate of drug-likeness (QED) is 0.144. The van der Waals surface area contributed by atoms with Gasteiger partial charge in [0, 0.05) is 0 Å². The van der Waals surface area contributed by atoms with Gasteiger partial charge in [0.15, 0.2) is 0 Å². The molecule has 0 radical (unpaired) electrons. The van der Waals surface area contributed by atoms with Gasteiger partial charge in [0.05, 0.1) is 0 Å². The number of hydrogen-bond acceptors (Lipinski definition) is 0. The molecule has 0 atom stereocenters. The van der Waals surface area contributed by atoms with E-state index < -0.39 is 20.4 Å². The molecule has 2 heterocycles. The summed E-state index contributed by atoms with van der Waals surface area (Å²) in [6.45, 7) is 18.6. The van der Waals surface area contributed by atoms with Gasteiger partial charge in [0.25, 0.3) is 0 Å². The van der Waals surface area contributed by atoms with Gasteiger partial charge in [0.1, 0.15) is 0 Å². The molecule has 0 bridgehead atoms. The fourth-order valence-corrected chi connectivity index (χ4v) is 9.69. The molecule has 0 aliphatic rings. The van der Waals surface area contributed by atoms with Crippen molar-refractivity contribution in [2.75, 3.05) is 0 Å². The monoisotopic (exact) mass is 604 g/mol. The van der Waals surface area contributed by atoms with Crippen LogP contribution in [0.25, 0.3) is 40.0 Å². The zero-order valence-electron chi connectivity index (χ0n) is 23.9. The number of nitrogens with zero attached hydrogens (tertiary/aromatic N) is 1. The predicted molar refractivity (Wildman–Crippen MR) is 162 cm³/mol. The van der Waals surface area contributed by atoms with Crippen molar-refractivity contribution in [2.24, 2.45) is 12.5 Å². The molecule has 5 aromatic rings. The van der Waals surface area contributed by atoms with Crippen LogP contribution in [0.3, 0.4) is 0 Å². The first-order valence-corrected chi connectivity index (χ1v) is 15.7. The van der Waals surface area contributed by atoms with Crippen LogP contribution in [0, 0.1) is 19.3 Å². The van der Waals surface area contributed by atoms with Gasteiger partial charge in [-0.2, -0.15) is 0 Å². The second kappa shape index (κ2) is 9.41. The van der Waals surface area contributed by atoms with Gasteiger partial charge < -0.3 is 0 Å². The van der Waals surface area contributed by atoms with Crippen LogP contribution in [0.2, 0.25) is 0 Å². The van der Waals surface area contributed by atoms with Crippen LogP contribution in [-0.2, 0) is 18.9 Å². The molecular weight excluding hydrogens is 562 g/mol. The summed E-state index contributed by atoms with van der Waals surface area (Å²) in [6.07, 6.45) is 3.38. The summed E-state index contributed by atoms with van der Waals surface area (Å²) in [5.74, 6) is 0. The van der Waals surface area contributed by atoms with Crippen LogP contribution >= 0.6 is 0 Å². The number of benzene rings is 3. The molecule has 1 nitrogen and oxygen atoms in total. The van der Waals surface area contributed by atoms with Crippen LogP contribution < -0.4 is 4.57 Å². The first-order valence-electron chi connectivity index (χ1n) is 13.4. The van der Waals surface area contributed by atoms with Gasteiger partial charge in [-0.25, -0.2) is 0 Å². The summed E-state index contributed by atoms with van der Waals surface area (Å²) in [5, 5.41) is 4.21. The molecule has 37 heavy (non-hydrogen) atoms. The molecule has 190 valence electrons. The van der Waals surface area contributed by atoms with Crippen LogP contribution in [0.4, 0.5) is 0 Å². The number of fused-ring (bicyclic) bond motifs is 2. The Kier molecular flexibility index (Phi) is 6.67. The molecule has 2 aromatic heterocycles. The Bertz CT molecular complexity index is 1620. The van der Waals surface area contributed by atoms with E-state index in [2.05, 4.69) is 134 Å². The number of aromatic nitrogens is 1. The maximum absolute atomic E-state index is 2.49. The number of aryl methyl sites for hydroxylation is 3. The van der Waals surface area contributed by atoms with Crippen LogP contribution in [0.15, 0.2) is 66.9 Å². The molecule has 5 rings (SSSR count). The third-order valence-corrected chi connectivity index (χ3v) is 11.4. The molecule has 0 aliphatic carbocycles. The SMILES string of the molecule is Cc1c(-c2c3[te]c(-c4ccc(CC(C)(C)C)cc4)c(C)c3cc[n+]2C)cc(C(C)(C)C)c2ccccc12. The van der Waals surface area contributed by atoms with E-state index in [1.165, 1.54) is 55.2 Å².